The summed E-state index contributed by atoms with van der Waals surface area (Å²) in [5, 5.41) is 0. The average Bonchev–Trinajstić information content (AvgIpc) is 2.26. The molecule has 0 spiro atoms. The summed E-state index contributed by atoms with van der Waals surface area (Å²) >= 11 is 0. The Balaban J connectivity index is 2.43. The highest BCUT2D eigenvalue weighted by Gasteiger charge is 2.10. The third kappa shape index (κ3) is 2.95. The van der Waals surface area contributed by atoms with Gasteiger partial charge in [-0.2, -0.15) is 0 Å². The van der Waals surface area contributed by atoms with Gasteiger partial charge in [-0.1, -0.05) is 36.3 Å². The standard InChI is InChI=1S/C12H12O2/c1-3-10(2)12(13)14-9-11-7-5-4-6-8-11/h1,4-8,10H,9H2,2H3. The fraction of sp³-hybridized carbons (Fsp3) is 0.250. The van der Waals surface area contributed by atoms with Crippen LogP contribution in [0.5, 0.6) is 0 Å². The number of terminal acetylenes is 1. The van der Waals surface area contributed by atoms with Gasteiger partial charge in [0, 0.05) is 0 Å². The van der Waals surface area contributed by atoms with Crippen molar-refractivity contribution in [2.45, 2.75) is 13.5 Å². The van der Waals surface area contributed by atoms with Crippen molar-refractivity contribution in [2.75, 3.05) is 0 Å². The Bertz CT molecular complexity index is 335. The molecule has 1 unspecified atom stereocenters. The van der Waals surface area contributed by atoms with Crippen molar-refractivity contribution in [1.82, 2.24) is 0 Å². The molecule has 0 radical (unpaired) electrons. The summed E-state index contributed by atoms with van der Waals surface area (Å²) < 4.78 is 5.00. The molecule has 0 bridgehead atoms. The zero-order chi connectivity index (χ0) is 10.4. The topological polar surface area (TPSA) is 26.3 Å². The lowest BCUT2D eigenvalue weighted by Crippen LogP contribution is -2.12. The highest BCUT2D eigenvalue weighted by atomic mass is 16.5. The highest BCUT2D eigenvalue weighted by Crippen LogP contribution is 2.03. The van der Waals surface area contributed by atoms with Crippen LogP contribution < -0.4 is 0 Å². The summed E-state index contributed by atoms with van der Waals surface area (Å²) in [4.78, 5) is 11.2. The molecule has 0 saturated carbocycles. The van der Waals surface area contributed by atoms with Gasteiger partial charge in [0.25, 0.3) is 0 Å². The zero-order valence-corrected chi connectivity index (χ0v) is 8.07. The fourth-order valence-electron chi connectivity index (χ4n) is 0.922. The molecule has 0 aromatic heterocycles. The van der Waals surface area contributed by atoms with E-state index in [1.807, 2.05) is 30.3 Å². The van der Waals surface area contributed by atoms with E-state index >= 15 is 0 Å². The second-order valence-corrected chi connectivity index (χ2v) is 2.98. The van der Waals surface area contributed by atoms with Crippen LogP contribution in [0, 0.1) is 18.3 Å². The molecule has 2 nitrogen and oxygen atoms in total. The van der Waals surface area contributed by atoms with E-state index in [2.05, 4.69) is 5.92 Å². The van der Waals surface area contributed by atoms with Crippen molar-refractivity contribution in [3.63, 3.8) is 0 Å². The van der Waals surface area contributed by atoms with Crippen molar-refractivity contribution in [3.8, 4) is 12.3 Å². The largest absolute Gasteiger partial charge is 0.460 e. The quantitative estimate of drug-likeness (QED) is 0.535. The molecule has 72 valence electrons. The molecular formula is C12H12O2. The number of ether oxygens (including phenoxy) is 1. The van der Waals surface area contributed by atoms with E-state index in [4.69, 9.17) is 11.2 Å². The van der Waals surface area contributed by atoms with Gasteiger partial charge in [-0.25, -0.2) is 0 Å². The van der Waals surface area contributed by atoms with Crippen molar-refractivity contribution in [3.05, 3.63) is 35.9 Å². The minimum absolute atomic E-state index is 0.283. The second kappa shape index (κ2) is 5.08. The molecule has 1 aromatic rings. The Kier molecular flexibility index (Phi) is 3.75. The number of hydrogen-bond acceptors (Lipinski definition) is 2. The molecule has 0 saturated heterocycles. The molecule has 14 heavy (non-hydrogen) atoms. The summed E-state index contributed by atoms with van der Waals surface area (Å²) in [6.07, 6.45) is 5.09. The Labute approximate surface area is 83.9 Å². The summed E-state index contributed by atoms with van der Waals surface area (Å²) in [6.45, 7) is 1.93. The molecule has 0 N–H and O–H groups in total. The van der Waals surface area contributed by atoms with Crippen molar-refractivity contribution in [1.29, 1.82) is 0 Å². The van der Waals surface area contributed by atoms with Gasteiger partial charge < -0.3 is 4.74 Å². The first kappa shape index (κ1) is 10.3. The molecular weight excluding hydrogens is 176 g/mol. The Morgan fingerprint density at radius 3 is 2.71 bits per heavy atom. The van der Waals surface area contributed by atoms with Crippen LogP contribution in [0.1, 0.15) is 12.5 Å². The third-order valence-electron chi connectivity index (χ3n) is 1.83. The molecule has 1 aromatic carbocycles. The molecule has 0 aliphatic carbocycles. The van der Waals surface area contributed by atoms with Crippen LogP contribution in [0.25, 0.3) is 0 Å². The second-order valence-electron chi connectivity index (χ2n) is 2.98. The van der Waals surface area contributed by atoms with Crippen molar-refractivity contribution in [2.24, 2.45) is 5.92 Å². The van der Waals surface area contributed by atoms with Crippen molar-refractivity contribution >= 4 is 5.97 Å². The van der Waals surface area contributed by atoms with Crippen LogP contribution in [-0.2, 0) is 16.1 Å². The summed E-state index contributed by atoms with van der Waals surface area (Å²) in [5.41, 5.74) is 0.963. The maximum Gasteiger partial charge on any atom is 0.321 e. The van der Waals surface area contributed by atoms with Gasteiger partial charge >= 0.3 is 5.97 Å². The predicted molar refractivity (Wildman–Crippen MR) is 54.2 cm³/mol. The molecule has 0 heterocycles. The molecule has 1 rings (SSSR count). The van der Waals surface area contributed by atoms with Gasteiger partial charge in [-0.15, -0.1) is 6.42 Å². The molecule has 2 heteroatoms. The Morgan fingerprint density at radius 2 is 2.14 bits per heavy atom. The highest BCUT2D eigenvalue weighted by molar-refractivity contribution is 5.75. The lowest BCUT2D eigenvalue weighted by Gasteiger charge is -2.05. The average molecular weight is 188 g/mol. The first-order valence-corrected chi connectivity index (χ1v) is 4.40. The monoisotopic (exact) mass is 188 g/mol. The number of carbonyl (C=O) groups is 1. The maximum atomic E-state index is 11.2. The summed E-state index contributed by atoms with van der Waals surface area (Å²) in [5.74, 6) is 1.50. The van der Waals surface area contributed by atoms with Crippen LogP contribution in [0.15, 0.2) is 30.3 Å². The van der Waals surface area contributed by atoms with E-state index in [1.54, 1.807) is 6.92 Å². The molecule has 1 atom stereocenters. The SMILES string of the molecule is C#CC(C)C(=O)OCc1ccccc1. The van der Waals surface area contributed by atoms with Crippen LogP contribution in [0.3, 0.4) is 0 Å². The lowest BCUT2D eigenvalue weighted by atomic mass is 10.2. The molecule has 0 amide bonds. The Morgan fingerprint density at radius 1 is 1.50 bits per heavy atom. The third-order valence-corrected chi connectivity index (χ3v) is 1.83. The van der Waals surface area contributed by atoms with Crippen LogP contribution in [0.4, 0.5) is 0 Å². The van der Waals surface area contributed by atoms with Gasteiger partial charge in [0.15, 0.2) is 0 Å². The summed E-state index contributed by atoms with van der Waals surface area (Å²) in [6, 6.07) is 9.50. The lowest BCUT2D eigenvalue weighted by molar-refractivity contribution is -0.147. The Hall–Kier alpha value is -1.75. The van der Waals surface area contributed by atoms with Crippen LogP contribution in [-0.4, -0.2) is 5.97 Å². The van der Waals surface area contributed by atoms with E-state index in [9.17, 15) is 4.79 Å². The zero-order valence-electron chi connectivity index (χ0n) is 8.07. The number of carbonyl (C=O) groups excluding carboxylic acids is 1. The van der Waals surface area contributed by atoms with Gasteiger partial charge in [-0.3, -0.25) is 4.79 Å². The molecule has 0 aliphatic heterocycles. The predicted octanol–water partition coefficient (Wildman–Crippen LogP) is 2.00. The minimum atomic E-state index is -0.473. The first-order valence-electron chi connectivity index (χ1n) is 4.40. The minimum Gasteiger partial charge on any atom is -0.460 e. The number of benzene rings is 1. The normalized spacial score (nSPS) is 11.4. The van der Waals surface area contributed by atoms with Crippen LogP contribution in [0.2, 0.25) is 0 Å². The fourth-order valence-corrected chi connectivity index (χ4v) is 0.922. The van der Waals surface area contributed by atoms with Gasteiger partial charge in [0.05, 0.1) is 0 Å². The van der Waals surface area contributed by atoms with Gasteiger partial charge in [0.1, 0.15) is 12.5 Å². The maximum absolute atomic E-state index is 11.2. The first-order chi connectivity index (χ1) is 6.74. The van der Waals surface area contributed by atoms with Crippen molar-refractivity contribution < 1.29 is 9.53 Å². The number of hydrogen-bond donors (Lipinski definition) is 0. The van der Waals surface area contributed by atoms with Crippen LogP contribution >= 0.6 is 0 Å². The van der Waals surface area contributed by atoms with Gasteiger partial charge in [-0.05, 0) is 12.5 Å². The van der Waals surface area contributed by atoms with E-state index < -0.39 is 5.92 Å². The van der Waals surface area contributed by atoms with E-state index in [1.165, 1.54) is 0 Å². The number of esters is 1. The van der Waals surface area contributed by atoms with Gasteiger partial charge in [0.2, 0.25) is 0 Å². The summed E-state index contributed by atoms with van der Waals surface area (Å²) in [7, 11) is 0. The smallest absolute Gasteiger partial charge is 0.321 e. The number of rotatable bonds is 3. The molecule has 0 aliphatic rings. The van der Waals surface area contributed by atoms with E-state index in [0.717, 1.165) is 5.56 Å². The molecule has 0 fully saturated rings. The van der Waals surface area contributed by atoms with E-state index in [0.29, 0.717) is 0 Å². The van der Waals surface area contributed by atoms with E-state index in [-0.39, 0.29) is 12.6 Å².